The summed E-state index contributed by atoms with van der Waals surface area (Å²) in [5, 5.41) is 23.1. The van der Waals surface area contributed by atoms with Gasteiger partial charge in [-0.25, -0.2) is 9.59 Å². The van der Waals surface area contributed by atoms with Crippen molar-refractivity contribution in [3.05, 3.63) is 35.9 Å². The summed E-state index contributed by atoms with van der Waals surface area (Å²) in [7, 11) is 0. The number of nitrogens with zero attached hydrogens (tertiary/aromatic N) is 1. The average molecular weight is 506 g/mol. The third-order valence-electron chi connectivity index (χ3n) is 5.71. The van der Waals surface area contributed by atoms with Crippen molar-refractivity contribution in [3.63, 3.8) is 0 Å². The van der Waals surface area contributed by atoms with Crippen LogP contribution in [0.5, 0.6) is 0 Å². The summed E-state index contributed by atoms with van der Waals surface area (Å²) in [4.78, 5) is 62.0. The van der Waals surface area contributed by atoms with E-state index in [0.29, 0.717) is 12.8 Å². The highest BCUT2D eigenvalue weighted by Crippen LogP contribution is 2.20. The van der Waals surface area contributed by atoms with Crippen molar-refractivity contribution in [1.82, 2.24) is 15.5 Å². The Hall–Kier alpha value is -3.63. The number of aliphatic carboxylic acids is 2. The van der Waals surface area contributed by atoms with Gasteiger partial charge in [0, 0.05) is 31.8 Å². The molecule has 1 saturated heterocycles. The molecule has 1 fully saturated rings. The van der Waals surface area contributed by atoms with Crippen LogP contribution in [0, 0.1) is 5.92 Å². The minimum Gasteiger partial charge on any atom is -0.481 e. The van der Waals surface area contributed by atoms with Crippen LogP contribution in [0.1, 0.15) is 52.0 Å². The number of likely N-dealkylation sites (tertiary alicyclic amines) is 1. The Bertz CT molecular complexity index is 936. The SMILES string of the molecule is CC(C)(C)OC(=O)N[C@@H](Cc1ccccc1)C(=O)N1CCC(C(=O)N[C@@H](CCC(=O)O)C(=O)O)CC1. The van der Waals surface area contributed by atoms with Gasteiger partial charge in [0.25, 0.3) is 0 Å². The van der Waals surface area contributed by atoms with Gasteiger partial charge in [-0.3, -0.25) is 14.4 Å². The monoisotopic (exact) mass is 505 g/mol. The number of carboxylic acids is 2. The van der Waals surface area contributed by atoms with Gasteiger partial charge in [-0.05, 0) is 45.6 Å². The normalized spacial score (nSPS) is 15.9. The largest absolute Gasteiger partial charge is 0.481 e. The summed E-state index contributed by atoms with van der Waals surface area (Å²) in [6, 6.07) is 7.10. The number of nitrogens with one attached hydrogen (secondary N) is 2. The van der Waals surface area contributed by atoms with Gasteiger partial charge < -0.3 is 30.5 Å². The fourth-order valence-corrected chi connectivity index (χ4v) is 3.90. The van der Waals surface area contributed by atoms with E-state index in [1.54, 1.807) is 25.7 Å². The molecular formula is C25H35N3O8. The first-order valence-electron chi connectivity index (χ1n) is 11.9. The Morgan fingerprint density at radius 1 is 1.00 bits per heavy atom. The number of ether oxygens (including phenoxy) is 1. The Morgan fingerprint density at radius 2 is 1.61 bits per heavy atom. The summed E-state index contributed by atoms with van der Waals surface area (Å²) in [6.45, 7) is 5.70. The number of hydrogen-bond acceptors (Lipinski definition) is 6. The fraction of sp³-hybridized carbons (Fsp3) is 0.560. The van der Waals surface area contributed by atoms with Gasteiger partial charge >= 0.3 is 18.0 Å². The van der Waals surface area contributed by atoms with Crippen LogP contribution in [0.25, 0.3) is 0 Å². The van der Waals surface area contributed by atoms with E-state index in [0.717, 1.165) is 5.56 Å². The van der Waals surface area contributed by atoms with Crippen LogP contribution in [0.2, 0.25) is 0 Å². The topological polar surface area (TPSA) is 162 Å². The molecular weight excluding hydrogens is 470 g/mol. The molecule has 1 aliphatic rings. The number of carbonyl (C=O) groups excluding carboxylic acids is 3. The van der Waals surface area contributed by atoms with Gasteiger partial charge in [0.05, 0.1) is 0 Å². The molecule has 1 aromatic carbocycles. The molecule has 3 amide bonds. The molecule has 0 aromatic heterocycles. The van der Waals surface area contributed by atoms with Crippen molar-refractivity contribution in [2.24, 2.45) is 5.92 Å². The molecule has 2 rings (SSSR count). The lowest BCUT2D eigenvalue weighted by Gasteiger charge is -2.34. The zero-order valence-electron chi connectivity index (χ0n) is 20.9. The van der Waals surface area contributed by atoms with Crippen LogP contribution in [0.3, 0.4) is 0 Å². The second-order valence-corrected chi connectivity index (χ2v) is 9.82. The van der Waals surface area contributed by atoms with Gasteiger partial charge in [0.1, 0.15) is 17.7 Å². The molecule has 2 atom stereocenters. The zero-order valence-corrected chi connectivity index (χ0v) is 20.9. The fourth-order valence-electron chi connectivity index (χ4n) is 3.90. The van der Waals surface area contributed by atoms with Crippen LogP contribution in [-0.2, 0) is 30.3 Å². The summed E-state index contributed by atoms with van der Waals surface area (Å²) in [6.07, 6.45) is -0.403. The maximum Gasteiger partial charge on any atom is 0.408 e. The van der Waals surface area contributed by atoms with Crippen molar-refractivity contribution in [1.29, 1.82) is 0 Å². The Balaban J connectivity index is 2.00. The van der Waals surface area contributed by atoms with E-state index in [4.69, 9.17) is 9.84 Å². The lowest BCUT2D eigenvalue weighted by molar-refractivity contribution is -0.144. The third-order valence-corrected chi connectivity index (χ3v) is 5.71. The average Bonchev–Trinajstić information content (AvgIpc) is 2.80. The van der Waals surface area contributed by atoms with Gasteiger partial charge in [-0.2, -0.15) is 0 Å². The van der Waals surface area contributed by atoms with E-state index < -0.39 is 47.5 Å². The van der Waals surface area contributed by atoms with E-state index in [-0.39, 0.29) is 38.3 Å². The molecule has 198 valence electrons. The molecule has 11 heteroatoms. The van der Waals surface area contributed by atoms with E-state index in [1.165, 1.54) is 0 Å². The molecule has 1 heterocycles. The second kappa shape index (κ2) is 12.9. The van der Waals surface area contributed by atoms with E-state index in [9.17, 15) is 29.1 Å². The van der Waals surface area contributed by atoms with Crippen LogP contribution in [-0.4, -0.2) is 75.7 Å². The predicted molar refractivity (Wildman–Crippen MR) is 129 cm³/mol. The smallest absolute Gasteiger partial charge is 0.408 e. The zero-order chi connectivity index (χ0) is 26.9. The number of benzene rings is 1. The Kier molecular flexibility index (Phi) is 10.2. The van der Waals surface area contributed by atoms with Crippen molar-refractivity contribution >= 4 is 29.8 Å². The highest BCUT2D eigenvalue weighted by molar-refractivity contribution is 5.87. The number of amides is 3. The van der Waals surface area contributed by atoms with Crippen molar-refractivity contribution in [2.45, 2.75) is 70.6 Å². The Labute approximate surface area is 210 Å². The lowest BCUT2D eigenvalue weighted by atomic mass is 9.94. The number of hydrogen-bond donors (Lipinski definition) is 4. The van der Waals surface area contributed by atoms with Crippen LogP contribution in [0.4, 0.5) is 4.79 Å². The van der Waals surface area contributed by atoms with E-state index in [1.807, 2.05) is 30.3 Å². The minimum absolute atomic E-state index is 0.217. The molecule has 0 aliphatic carbocycles. The van der Waals surface area contributed by atoms with E-state index in [2.05, 4.69) is 10.6 Å². The first-order chi connectivity index (χ1) is 16.9. The second-order valence-electron chi connectivity index (χ2n) is 9.82. The molecule has 4 N–H and O–H groups in total. The van der Waals surface area contributed by atoms with Gasteiger partial charge in [0.15, 0.2) is 0 Å². The molecule has 11 nitrogen and oxygen atoms in total. The molecule has 0 unspecified atom stereocenters. The van der Waals surface area contributed by atoms with Crippen LogP contribution in [0.15, 0.2) is 30.3 Å². The maximum atomic E-state index is 13.3. The van der Waals surface area contributed by atoms with Crippen molar-refractivity contribution < 1.29 is 38.9 Å². The highest BCUT2D eigenvalue weighted by atomic mass is 16.6. The summed E-state index contributed by atoms with van der Waals surface area (Å²) in [5.41, 5.74) is 0.135. The molecule has 36 heavy (non-hydrogen) atoms. The van der Waals surface area contributed by atoms with Crippen molar-refractivity contribution in [3.8, 4) is 0 Å². The highest BCUT2D eigenvalue weighted by Gasteiger charge is 2.34. The van der Waals surface area contributed by atoms with Crippen LogP contribution < -0.4 is 10.6 Å². The first-order valence-corrected chi connectivity index (χ1v) is 11.9. The first kappa shape index (κ1) is 28.6. The third kappa shape index (κ3) is 9.55. The molecule has 1 aromatic rings. The quantitative estimate of drug-likeness (QED) is 0.374. The van der Waals surface area contributed by atoms with Gasteiger partial charge in [-0.1, -0.05) is 30.3 Å². The summed E-state index contributed by atoms with van der Waals surface area (Å²) in [5.74, 6) is -3.73. The summed E-state index contributed by atoms with van der Waals surface area (Å²) < 4.78 is 5.32. The van der Waals surface area contributed by atoms with Gasteiger partial charge in [-0.15, -0.1) is 0 Å². The number of carbonyl (C=O) groups is 5. The molecule has 0 saturated carbocycles. The lowest BCUT2D eigenvalue weighted by Crippen LogP contribution is -2.53. The molecule has 0 bridgehead atoms. The predicted octanol–water partition coefficient (Wildman–Crippen LogP) is 1.80. The number of carboxylic acid groups (broad SMARTS) is 2. The maximum absolute atomic E-state index is 13.3. The standard InChI is InChI=1S/C25H35N3O8/c1-25(2,3)36-24(35)27-19(15-16-7-5-4-6-8-16)22(32)28-13-11-17(12-14-28)21(31)26-18(23(33)34)9-10-20(29)30/h4-8,17-19H,9-15H2,1-3H3,(H,26,31)(H,27,35)(H,29,30)(H,33,34)/t18-,19-/m0/s1. The molecule has 1 aliphatic heterocycles. The van der Waals surface area contributed by atoms with Crippen molar-refractivity contribution in [2.75, 3.05) is 13.1 Å². The number of alkyl carbamates (subject to hydrolysis) is 1. The minimum atomic E-state index is -1.30. The van der Waals surface area contributed by atoms with Crippen LogP contribution >= 0.6 is 0 Å². The number of rotatable bonds is 10. The molecule has 0 radical (unpaired) electrons. The van der Waals surface area contributed by atoms with E-state index >= 15 is 0 Å². The summed E-state index contributed by atoms with van der Waals surface area (Å²) >= 11 is 0. The Morgan fingerprint density at radius 3 is 2.14 bits per heavy atom. The molecule has 0 spiro atoms. The van der Waals surface area contributed by atoms with Gasteiger partial charge in [0.2, 0.25) is 11.8 Å². The number of piperidine rings is 1.